The van der Waals surface area contributed by atoms with E-state index in [1.165, 1.54) is 5.56 Å². The Bertz CT molecular complexity index is 439. The average molecular weight is 258 g/mol. The van der Waals surface area contributed by atoms with Crippen molar-refractivity contribution in [2.75, 3.05) is 11.4 Å². The summed E-state index contributed by atoms with van der Waals surface area (Å²) < 4.78 is 0. The van der Waals surface area contributed by atoms with Crippen LogP contribution in [0.25, 0.3) is 0 Å². The maximum Gasteiger partial charge on any atom is 0.101 e. The van der Waals surface area contributed by atoms with Crippen molar-refractivity contribution in [1.82, 2.24) is 0 Å². The smallest absolute Gasteiger partial charge is 0.101 e. The molecule has 0 atom stereocenters. The molecular formula is C17H26N2. The van der Waals surface area contributed by atoms with Crippen LogP contribution in [0.4, 0.5) is 5.69 Å². The molecular weight excluding hydrogens is 232 g/mol. The molecule has 1 aromatic rings. The molecule has 0 aromatic heterocycles. The predicted molar refractivity (Wildman–Crippen MR) is 82.4 cm³/mol. The highest BCUT2D eigenvalue weighted by Gasteiger charge is 2.19. The highest BCUT2D eigenvalue weighted by atomic mass is 15.2. The van der Waals surface area contributed by atoms with E-state index in [0.29, 0.717) is 12.0 Å². The van der Waals surface area contributed by atoms with Crippen molar-refractivity contribution in [2.24, 2.45) is 5.92 Å². The summed E-state index contributed by atoms with van der Waals surface area (Å²) in [5, 5.41) is 9.34. The van der Waals surface area contributed by atoms with Gasteiger partial charge in [-0.2, -0.15) is 5.26 Å². The van der Waals surface area contributed by atoms with Gasteiger partial charge < -0.3 is 4.90 Å². The quantitative estimate of drug-likeness (QED) is 0.750. The van der Waals surface area contributed by atoms with Crippen LogP contribution in [-0.4, -0.2) is 12.6 Å². The Morgan fingerprint density at radius 2 is 1.84 bits per heavy atom. The van der Waals surface area contributed by atoms with Gasteiger partial charge >= 0.3 is 0 Å². The largest absolute Gasteiger partial charge is 0.367 e. The molecule has 0 aliphatic carbocycles. The molecule has 0 spiro atoms. The predicted octanol–water partition coefficient (Wildman–Crippen LogP) is 4.52. The van der Waals surface area contributed by atoms with Crippen LogP contribution in [0.3, 0.4) is 0 Å². The van der Waals surface area contributed by atoms with Crippen molar-refractivity contribution in [1.29, 1.82) is 5.26 Å². The van der Waals surface area contributed by atoms with E-state index in [9.17, 15) is 5.26 Å². The minimum absolute atomic E-state index is 0.510. The third-order valence-electron chi connectivity index (χ3n) is 3.53. The number of rotatable bonds is 6. The summed E-state index contributed by atoms with van der Waals surface area (Å²) in [4.78, 5) is 2.43. The lowest BCUT2D eigenvalue weighted by Crippen LogP contribution is -2.37. The maximum absolute atomic E-state index is 9.34. The zero-order valence-corrected chi connectivity index (χ0v) is 12.9. The highest BCUT2D eigenvalue weighted by Crippen LogP contribution is 2.27. The normalized spacial score (nSPS) is 10.8. The van der Waals surface area contributed by atoms with Crippen LogP contribution >= 0.6 is 0 Å². The molecule has 0 fully saturated rings. The summed E-state index contributed by atoms with van der Waals surface area (Å²) in [5.74, 6) is 0.590. The van der Waals surface area contributed by atoms with Crippen molar-refractivity contribution >= 4 is 5.69 Å². The van der Waals surface area contributed by atoms with E-state index < -0.39 is 0 Å². The zero-order chi connectivity index (χ0) is 14.4. The molecule has 0 N–H and O–H groups in total. The Morgan fingerprint density at radius 1 is 1.21 bits per heavy atom. The maximum atomic E-state index is 9.34. The van der Waals surface area contributed by atoms with Gasteiger partial charge in [-0.3, -0.25) is 0 Å². The fourth-order valence-corrected chi connectivity index (χ4v) is 2.54. The monoisotopic (exact) mass is 258 g/mol. The molecule has 1 aromatic carbocycles. The molecule has 1 rings (SSSR count). The topological polar surface area (TPSA) is 27.0 Å². The molecule has 104 valence electrons. The third kappa shape index (κ3) is 3.99. The lowest BCUT2D eigenvalue weighted by molar-refractivity contribution is 0.507. The van der Waals surface area contributed by atoms with Crippen LogP contribution in [0.15, 0.2) is 18.2 Å². The second-order valence-electron chi connectivity index (χ2n) is 5.65. The van der Waals surface area contributed by atoms with Crippen LogP contribution in [0.5, 0.6) is 0 Å². The summed E-state index contributed by atoms with van der Waals surface area (Å²) in [5.41, 5.74) is 3.11. The minimum Gasteiger partial charge on any atom is -0.367 e. The standard InChI is InChI=1S/C17H26N2/c1-6-16(7-2)19(12-13(3)4)17-10-14(5)8-9-15(17)11-18/h8-10,13,16H,6-7,12H2,1-5H3. The molecule has 19 heavy (non-hydrogen) atoms. The Balaban J connectivity index is 3.23. The Hall–Kier alpha value is -1.49. The van der Waals surface area contributed by atoms with E-state index >= 15 is 0 Å². The fraction of sp³-hybridized carbons (Fsp3) is 0.588. The molecule has 0 aliphatic rings. The Kier molecular flexibility index (Phi) is 5.89. The minimum atomic E-state index is 0.510. The highest BCUT2D eigenvalue weighted by molar-refractivity contribution is 5.61. The van der Waals surface area contributed by atoms with Crippen molar-refractivity contribution in [3.63, 3.8) is 0 Å². The fourth-order valence-electron chi connectivity index (χ4n) is 2.54. The first-order valence-electron chi connectivity index (χ1n) is 7.30. The number of hydrogen-bond acceptors (Lipinski definition) is 2. The molecule has 0 bridgehead atoms. The average Bonchev–Trinajstić information content (AvgIpc) is 2.38. The number of benzene rings is 1. The van der Waals surface area contributed by atoms with E-state index in [1.54, 1.807) is 0 Å². The van der Waals surface area contributed by atoms with Gasteiger partial charge in [0.05, 0.1) is 11.3 Å². The van der Waals surface area contributed by atoms with Gasteiger partial charge in [-0.1, -0.05) is 33.8 Å². The van der Waals surface area contributed by atoms with Gasteiger partial charge in [0, 0.05) is 12.6 Å². The number of nitrogens with zero attached hydrogens (tertiary/aromatic N) is 2. The van der Waals surface area contributed by atoms with Gasteiger partial charge in [0.25, 0.3) is 0 Å². The Labute approximate surface area is 118 Å². The summed E-state index contributed by atoms with van der Waals surface area (Å²) in [6.45, 7) is 12.0. The van der Waals surface area contributed by atoms with E-state index in [4.69, 9.17) is 0 Å². The summed E-state index contributed by atoms with van der Waals surface area (Å²) in [7, 11) is 0. The first-order chi connectivity index (χ1) is 9.03. The second-order valence-corrected chi connectivity index (χ2v) is 5.65. The number of aryl methyl sites for hydroxylation is 1. The van der Waals surface area contributed by atoms with E-state index in [-0.39, 0.29) is 0 Å². The van der Waals surface area contributed by atoms with Crippen LogP contribution in [-0.2, 0) is 0 Å². The van der Waals surface area contributed by atoms with E-state index in [2.05, 4.69) is 51.7 Å². The summed E-state index contributed by atoms with van der Waals surface area (Å²) in [6, 6.07) is 8.96. The van der Waals surface area contributed by atoms with Gasteiger partial charge in [-0.15, -0.1) is 0 Å². The van der Waals surface area contributed by atoms with Gasteiger partial charge in [0.1, 0.15) is 6.07 Å². The van der Waals surface area contributed by atoms with Gasteiger partial charge in [-0.25, -0.2) is 0 Å². The molecule has 0 unspecified atom stereocenters. The lowest BCUT2D eigenvalue weighted by Gasteiger charge is -2.35. The number of nitriles is 1. The number of hydrogen-bond donors (Lipinski definition) is 0. The van der Waals surface area contributed by atoms with Crippen molar-refractivity contribution in [3.05, 3.63) is 29.3 Å². The molecule has 0 amide bonds. The van der Waals surface area contributed by atoms with E-state index in [1.807, 2.05) is 12.1 Å². The van der Waals surface area contributed by atoms with Crippen LogP contribution in [0.2, 0.25) is 0 Å². The molecule has 0 heterocycles. The van der Waals surface area contributed by atoms with Crippen molar-refractivity contribution in [3.8, 4) is 6.07 Å². The first kappa shape index (κ1) is 15.6. The third-order valence-corrected chi connectivity index (χ3v) is 3.53. The van der Waals surface area contributed by atoms with Crippen LogP contribution in [0.1, 0.15) is 51.7 Å². The van der Waals surface area contributed by atoms with Gasteiger partial charge in [0.15, 0.2) is 0 Å². The molecule has 0 aliphatic heterocycles. The van der Waals surface area contributed by atoms with Gasteiger partial charge in [-0.05, 0) is 43.4 Å². The SMILES string of the molecule is CCC(CC)N(CC(C)C)c1cc(C)ccc1C#N. The summed E-state index contributed by atoms with van der Waals surface area (Å²) >= 11 is 0. The summed E-state index contributed by atoms with van der Waals surface area (Å²) in [6.07, 6.45) is 2.23. The van der Waals surface area contributed by atoms with E-state index in [0.717, 1.165) is 30.6 Å². The zero-order valence-electron chi connectivity index (χ0n) is 12.9. The molecule has 0 radical (unpaired) electrons. The first-order valence-corrected chi connectivity index (χ1v) is 7.30. The van der Waals surface area contributed by atoms with Crippen LogP contribution in [0, 0.1) is 24.2 Å². The number of anilines is 1. The van der Waals surface area contributed by atoms with Crippen molar-refractivity contribution < 1.29 is 0 Å². The van der Waals surface area contributed by atoms with Gasteiger partial charge in [0.2, 0.25) is 0 Å². The lowest BCUT2D eigenvalue weighted by atomic mass is 10.0. The van der Waals surface area contributed by atoms with Crippen molar-refractivity contribution in [2.45, 2.75) is 53.5 Å². The molecule has 2 nitrogen and oxygen atoms in total. The molecule has 2 heteroatoms. The second kappa shape index (κ2) is 7.19. The molecule has 0 saturated heterocycles. The molecule has 0 saturated carbocycles. The van der Waals surface area contributed by atoms with Crippen LogP contribution < -0.4 is 4.90 Å². The Morgan fingerprint density at radius 3 is 2.32 bits per heavy atom.